The van der Waals surface area contributed by atoms with Gasteiger partial charge in [-0.05, 0) is 45.2 Å². The van der Waals surface area contributed by atoms with Crippen molar-refractivity contribution in [1.29, 1.82) is 0 Å². The van der Waals surface area contributed by atoms with Crippen LogP contribution in [-0.2, 0) is 17.7 Å². The molecule has 0 aromatic heterocycles. The van der Waals surface area contributed by atoms with Gasteiger partial charge in [-0.3, -0.25) is 4.90 Å². The summed E-state index contributed by atoms with van der Waals surface area (Å²) in [6.45, 7) is 7.71. The van der Waals surface area contributed by atoms with Gasteiger partial charge in [-0.25, -0.2) is 0 Å². The van der Waals surface area contributed by atoms with Gasteiger partial charge in [0.15, 0.2) is 0 Å². The fourth-order valence-electron chi connectivity index (χ4n) is 4.67. The summed E-state index contributed by atoms with van der Waals surface area (Å²) in [4.78, 5) is 2.53. The summed E-state index contributed by atoms with van der Waals surface area (Å²) in [6.07, 6.45) is 3.89. The van der Waals surface area contributed by atoms with Crippen molar-refractivity contribution in [3.8, 4) is 5.75 Å². The minimum atomic E-state index is -0.221. The zero-order valence-electron chi connectivity index (χ0n) is 14.8. The number of aliphatic hydroxyl groups excluding tert-OH is 1. The van der Waals surface area contributed by atoms with Crippen molar-refractivity contribution >= 4 is 0 Å². The molecular formula is C20H29NO3. The minimum Gasteiger partial charge on any atom is -0.487 e. The van der Waals surface area contributed by atoms with Gasteiger partial charge in [0.2, 0.25) is 0 Å². The van der Waals surface area contributed by atoms with E-state index in [0.717, 1.165) is 38.1 Å². The van der Waals surface area contributed by atoms with Crippen molar-refractivity contribution in [2.24, 2.45) is 5.92 Å². The van der Waals surface area contributed by atoms with Crippen LogP contribution in [0.2, 0.25) is 0 Å². The second-order valence-corrected chi connectivity index (χ2v) is 8.22. The average molecular weight is 331 g/mol. The van der Waals surface area contributed by atoms with E-state index in [4.69, 9.17) is 9.47 Å². The molecule has 24 heavy (non-hydrogen) atoms. The molecule has 0 unspecified atom stereocenters. The van der Waals surface area contributed by atoms with Crippen molar-refractivity contribution < 1.29 is 14.6 Å². The van der Waals surface area contributed by atoms with Crippen LogP contribution in [0.5, 0.6) is 5.75 Å². The van der Waals surface area contributed by atoms with Gasteiger partial charge in [0, 0.05) is 37.1 Å². The highest BCUT2D eigenvalue weighted by Crippen LogP contribution is 2.39. The molecule has 2 saturated heterocycles. The minimum absolute atomic E-state index is 0.101. The van der Waals surface area contributed by atoms with Gasteiger partial charge in [0.1, 0.15) is 11.4 Å². The Morgan fingerprint density at radius 2 is 2.17 bits per heavy atom. The predicted molar refractivity (Wildman–Crippen MR) is 93.2 cm³/mol. The zero-order valence-corrected chi connectivity index (χ0v) is 14.8. The summed E-state index contributed by atoms with van der Waals surface area (Å²) >= 11 is 0. The molecule has 3 heterocycles. The van der Waals surface area contributed by atoms with E-state index >= 15 is 0 Å². The fourth-order valence-corrected chi connectivity index (χ4v) is 4.67. The second-order valence-electron chi connectivity index (χ2n) is 8.22. The molecule has 3 atom stereocenters. The van der Waals surface area contributed by atoms with Crippen LogP contribution in [-0.4, -0.2) is 47.5 Å². The first-order valence-electron chi connectivity index (χ1n) is 9.33. The number of benzene rings is 1. The topological polar surface area (TPSA) is 41.9 Å². The highest BCUT2D eigenvalue weighted by atomic mass is 16.5. The molecule has 3 aliphatic rings. The SMILES string of the molecule is CC1(C)Cc2cccc(CN3CCC[C@@H]3[C@@H]3COCC[C@@H]3O)c2O1. The monoisotopic (exact) mass is 331 g/mol. The Morgan fingerprint density at radius 3 is 3.00 bits per heavy atom. The molecule has 0 saturated carbocycles. The zero-order chi connectivity index (χ0) is 16.7. The van der Waals surface area contributed by atoms with E-state index in [2.05, 4.69) is 36.9 Å². The molecule has 4 nitrogen and oxygen atoms in total. The third kappa shape index (κ3) is 3.07. The molecule has 0 bridgehead atoms. The molecule has 1 aromatic carbocycles. The van der Waals surface area contributed by atoms with E-state index in [9.17, 15) is 5.11 Å². The lowest BCUT2D eigenvalue weighted by molar-refractivity contribution is -0.0636. The van der Waals surface area contributed by atoms with Gasteiger partial charge in [-0.2, -0.15) is 0 Å². The van der Waals surface area contributed by atoms with Crippen molar-refractivity contribution in [1.82, 2.24) is 4.90 Å². The second kappa shape index (κ2) is 6.32. The third-order valence-electron chi connectivity index (χ3n) is 5.82. The first-order chi connectivity index (χ1) is 11.5. The molecule has 0 spiro atoms. The summed E-state index contributed by atoms with van der Waals surface area (Å²) in [6, 6.07) is 6.96. The highest BCUT2D eigenvalue weighted by Gasteiger charge is 2.38. The Balaban J connectivity index is 1.52. The maximum atomic E-state index is 10.4. The van der Waals surface area contributed by atoms with Crippen LogP contribution in [0, 0.1) is 5.92 Å². The number of hydrogen-bond donors (Lipinski definition) is 1. The van der Waals surface area contributed by atoms with Crippen LogP contribution in [0.15, 0.2) is 18.2 Å². The molecule has 0 radical (unpaired) electrons. The molecule has 2 fully saturated rings. The summed E-state index contributed by atoms with van der Waals surface area (Å²) in [7, 11) is 0. The van der Waals surface area contributed by atoms with Crippen LogP contribution in [0.1, 0.15) is 44.2 Å². The third-order valence-corrected chi connectivity index (χ3v) is 5.82. The van der Waals surface area contributed by atoms with Crippen molar-refractivity contribution in [2.75, 3.05) is 19.8 Å². The van der Waals surface area contributed by atoms with Gasteiger partial charge < -0.3 is 14.6 Å². The predicted octanol–water partition coefficient (Wildman–Crippen LogP) is 2.76. The first-order valence-corrected chi connectivity index (χ1v) is 9.33. The summed E-state index contributed by atoms with van der Waals surface area (Å²) in [5.74, 6) is 1.34. The van der Waals surface area contributed by atoms with Crippen molar-refractivity contribution in [3.05, 3.63) is 29.3 Å². The van der Waals surface area contributed by atoms with Gasteiger partial charge in [-0.1, -0.05) is 18.2 Å². The lowest BCUT2D eigenvalue weighted by atomic mass is 9.89. The van der Waals surface area contributed by atoms with E-state index in [1.807, 2.05) is 0 Å². The van der Waals surface area contributed by atoms with Crippen LogP contribution in [0.25, 0.3) is 0 Å². The van der Waals surface area contributed by atoms with E-state index in [0.29, 0.717) is 19.3 Å². The lowest BCUT2D eigenvalue weighted by Gasteiger charge is -2.37. The average Bonchev–Trinajstić information content (AvgIpc) is 3.11. The Hall–Kier alpha value is -1.10. The molecule has 132 valence electrons. The first kappa shape index (κ1) is 16.4. The lowest BCUT2D eigenvalue weighted by Crippen LogP contribution is -2.45. The van der Waals surface area contributed by atoms with E-state index in [1.165, 1.54) is 17.5 Å². The smallest absolute Gasteiger partial charge is 0.127 e. The Labute approximate surface area is 144 Å². The summed E-state index contributed by atoms with van der Waals surface area (Å²) in [5.41, 5.74) is 2.52. The van der Waals surface area contributed by atoms with Crippen LogP contribution < -0.4 is 4.74 Å². The number of ether oxygens (including phenoxy) is 2. The van der Waals surface area contributed by atoms with Gasteiger partial charge in [0.05, 0.1) is 12.7 Å². The highest BCUT2D eigenvalue weighted by molar-refractivity contribution is 5.45. The number of hydrogen-bond acceptors (Lipinski definition) is 4. The van der Waals surface area contributed by atoms with Gasteiger partial charge in [-0.15, -0.1) is 0 Å². The largest absolute Gasteiger partial charge is 0.487 e. The summed E-state index contributed by atoms with van der Waals surface area (Å²) < 4.78 is 11.9. The number of rotatable bonds is 3. The Morgan fingerprint density at radius 1 is 1.29 bits per heavy atom. The van der Waals surface area contributed by atoms with Gasteiger partial charge >= 0.3 is 0 Å². The maximum absolute atomic E-state index is 10.4. The van der Waals surface area contributed by atoms with E-state index in [-0.39, 0.29) is 17.6 Å². The van der Waals surface area contributed by atoms with E-state index < -0.39 is 0 Å². The Bertz CT molecular complexity index is 601. The van der Waals surface area contributed by atoms with Gasteiger partial charge in [0.25, 0.3) is 0 Å². The van der Waals surface area contributed by atoms with Crippen LogP contribution in [0.3, 0.4) is 0 Å². The maximum Gasteiger partial charge on any atom is 0.127 e. The normalized spacial score (nSPS) is 32.5. The molecule has 1 aromatic rings. The van der Waals surface area contributed by atoms with E-state index in [1.54, 1.807) is 0 Å². The molecule has 4 heteroatoms. The van der Waals surface area contributed by atoms with Crippen LogP contribution in [0.4, 0.5) is 0 Å². The molecule has 4 rings (SSSR count). The van der Waals surface area contributed by atoms with Crippen LogP contribution >= 0.6 is 0 Å². The Kier molecular flexibility index (Phi) is 4.31. The molecule has 3 aliphatic heterocycles. The number of nitrogens with zero attached hydrogens (tertiary/aromatic N) is 1. The molecule has 0 amide bonds. The van der Waals surface area contributed by atoms with Crippen molar-refractivity contribution in [2.45, 2.75) is 63.8 Å². The number of likely N-dealkylation sites (tertiary alicyclic amines) is 1. The number of aliphatic hydroxyl groups is 1. The fraction of sp³-hybridized carbons (Fsp3) is 0.700. The van der Waals surface area contributed by atoms with Crippen molar-refractivity contribution in [3.63, 3.8) is 0 Å². The standard InChI is InChI=1S/C20H29NO3/c1-20(2)11-14-5-3-6-15(19(14)24-20)12-21-9-4-7-17(21)16-13-23-10-8-18(16)22/h3,5-6,16-18,22H,4,7-13H2,1-2H3/t16-,17+,18-/m0/s1. The number of para-hydroxylation sites is 1. The summed E-state index contributed by atoms with van der Waals surface area (Å²) in [5, 5.41) is 10.4. The molecular weight excluding hydrogens is 302 g/mol. The quantitative estimate of drug-likeness (QED) is 0.925. The molecule has 0 aliphatic carbocycles. The molecule has 1 N–H and O–H groups in total. The number of fused-ring (bicyclic) bond motifs is 1.